The lowest BCUT2D eigenvalue weighted by Crippen LogP contribution is -2.52. The van der Waals surface area contributed by atoms with E-state index in [1.54, 1.807) is 30.3 Å². The third-order valence-electron chi connectivity index (χ3n) is 6.99. The quantitative estimate of drug-likeness (QED) is 0.265. The lowest BCUT2D eigenvalue weighted by molar-refractivity contribution is -0.154. The fourth-order valence-electron chi connectivity index (χ4n) is 5.46. The number of Topliss-reactive ketones (excluding diaryl/α,β-unsaturated/α-hetero) is 1. The van der Waals surface area contributed by atoms with Crippen molar-refractivity contribution in [3.8, 4) is 0 Å². The van der Waals surface area contributed by atoms with Gasteiger partial charge >= 0.3 is 0 Å². The molecule has 1 aliphatic heterocycles. The van der Waals surface area contributed by atoms with Gasteiger partial charge in [-0.3, -0.25) is 19.2 Å². The van der Waals surface area contributed by atoms with Gasteiger partial charge in [-0.2, -0.15) is 5.01 Å². The zero-order valence-corrected chi connectivity index (χ0v) is 22.2. The van der Waals surface area contributed by atoms with E-state index in [-0.39, 0.29) is 32.1 Å². The molecule has 2 aromatic carbocycles. The van der Waals surface area contributed by atoms with E-state index >= 15 is 0 Å². The normalized spacial score (nSPS) is 29.5. The Labute approximate surface area is 222 Å². The first kappa shape index (κ1) is 24.0. The molecule has 3 fully saturated rings. The lowest BCUT2D eigenvalue weighted by atomic mass is 9.81. The Morgan fingerprint density at radius 2 is 1.53 bits per heavy atom. The number of carbonyl (C=O) groups is 4. The summed E-state index contributed by atoms with van der Waals surface area (Å²) in [5, 5.41) is 2.22. The van der Waals surface area contributed by atoms with Crippen LogP contribution >= 0.6 is 55.1 Å². The van der Waals surface area contributed by atoms with Crippen LogP contribution in [0, 0.1) is 23.7 Å². The zero-order valence-electron chi connectivity index (χ0n) is 17.5. The summed E-state index contributed by atoms with van der Waals surface area (Å²) in [4.78, 5) is 54.0. The van der Waals surface area contributed by atoms with Gasteiger partial charge in [0.2, 0.25) is 0 Å². The summed E-state index contributed by atoms with van der Waals surface area (Å²) in [5.74, 6) is -3.14. The average Bonchev–Trinajstić information content (AvgIpc) is 3.42. The minimum Gasteiger partial charge on any atom is -0.292 e. The summed E-state index contributed by atoms with van der Waals surface area (Å²) < 4.78 is 0. The number of benzene rings is 2. The number of amides is 3. The van der Waals surface area contributed by atoms with Gasteiger partial charge in [0.25, 0.3) is 17.7 Å². The first-order valence-electron chi connectivity index (χ1n) is 10.7. The van der Waals surface area contributed by atoms with E-state index in [1.807, 2.05) is 0 Å². The molecule has 10 heteroatoms. The van der Waals surface area contributed by atoms with Gasteiger partial charge in [-0.05, 0) is 36.5 Å². The maximum absolute atomic E-state index is 13.6. The van der Waals surface area contributed by atoms with E-state index in [1.165, 1.54) is 18.2 Å². The molecule has 1 saturated heterocycles. The van der Waals surface area contributed by atoms with E-state index in [2.05, 4.69) is 31.9 Å². The van der Waals surface area contributed by atoms with Crippen LogP contribution in [0.1, 0.15) is 27.1 Å². The largest absolute Gasteiger partial charge is 0.292 e. The highest BCUT2D eigenvalue weighted by molar-refractivity contribution is 9.12. The molecule has 6 nitrogen and oxygen atoms in total. The molecule has 0 unspecified atom stereocenters. The van der Waals surface area contributed by atoms with Crippen molar-refractivity contribution in [3.63, 3.8) is 0 Å². The Bertz CT molecular complexity index is 1180. The SMILES string of the molecule is O=C(CN(C(=O)c1ccc(Cl)cc1Cl)N1C(=O)[C@@H]2[C@H]3C[C@@H]([C@H](Br)[C@H]3Br)[C@H]2C1=O)c1ccccc1. The molecule has 2 aliphatic carbocycles. The van der Waals surface area contributed by atoms with E-state index in [9.17, 15) is 19.2 Å². The number of alkyl halides is 2. The van der Waals surface area contributed by atoms with Crippen LogP contribution in [0.4, 0.5) is 0 Å². The molecule has 34 heavy (non-hydrogen) atoms. The molecule has 1 heterocycles. The lowest BCUT2D eigenvalue weighted by Gasteiger charge is -2.31. The molecule has 3 aliphatic rings. The van der Waals surface area contributed by atoms with Crippen molar-refractivity contribution < 1.29 is 19.2 Å². The standard InChI is InChI=1S/C24H18Br2Cl2N2O4/c25-20-14-9-15(21(20)26)19-18(14)23(33)30(24(19)34)29(10-17(31)11-4-2-1-3-5-11)22(32)13-7-6-12(27)8-16(13)28/h1-8,14-15,18-21H,9-10H2/t14-,15-,18-,19-,20+,21+/m1/s1. The van der Waals surface area contributed by atoms with Crippen LogP contribution in [0.25, 0.3) is 0 Å². The first-order valence-corrected chi connectivity index (χ1v) is 13.3. The van der Waals surface area contributed by atoms with Crippen LogP contribution in [0.15, 0.2) is 48.5 Å². The highest BCUT2D eigenvalue weighted by atomic mass is 79.9. The molecule has 2 aromatic rings. The van der Waals surface area contributed by atoms with E-state index in [4.69, 9.17) is 23.2 Å². The average molecular weight is 629 g/mol. The number of halogens is 4. The molecular weight excluding hydrogens is 611 g/mol. The van der Waals surface area contributed by atoms with Gasteiger partial charge in [0.05, 0.1) is 22.4 Å². The molecule has 0 radical (unpaired) electrons. The number of imide groups is 1. The summed E-state index contributed by atoms with van der Waals surface area (Å²) in [7, 11) is 0. The van der Waals surface area contributed by atoms with Crippen molar-refractivity contribution in [1.29, 1.82) is 0 Å². The highest BCUT2D eigenvalue weighted by Gasteiger charge is 2.67. The van der Waals surface area contributed by atoms with Gasteiger partial charge in [-0.15, -0.1) is 0 Å². The van der Waals surface area contributed by atoms with Crippen molar-refractivity contribution in [2.75, 3.05) is 6.54 Å². The first-order chi connectivity index (χ1) is 16.2. The van der Waals surface area contributed by atoms with Crippen LogP contribution in [-0.4, -0.2) is 49.7 Å². The minimum absolute atomic E-state index is 0.0262. The smallest absolute Gasteiger partial charge is 0.274 e. The number of carbonyl (C=O) groups excluding carboxylic acids is 4. The van der Waals surface area contributed by atoms with Gasteiger partial charge in [0, 0.05) is 20.2 Å². The summed E-state index contributed by atoms with van der Waals surface area (Å²) in [5.41, 5.74) is 0.409. The second kappa shape index (κ2) is 9.04. The van der Waals surface area contributed by atoms with Crippen molar-refractivity contribution in [1.82, 2.24) is 10.0 Å². The molecule has 0 N–H and O–H groups in total. The number of hydrogen-bond donors (Lipinski definition) is 0. The summed E-state index contributed by atoms with van der Waals surface area (Å²) >= 11 is 19.6. The van der Waals surface area contributed by atoms with Crippen LogP contribution in [0.3, 0.4) is 0 Å². The Morgan fingerprint density at radius 1 is 0.941 bits per heavy atom. The predicted molar refractivity (Wildman–Crippen MR) is 134 cm³/mol. The van der Waals surface area contributed by atoms with Gasteiger partial charge in [0.15, 0.2) is 5.78 Å². The minimum atomic E-state index is -0.717. The van der Waals surface area contributed by atoms with Crippen molar-refractivity contribution in [2.24, 2.45) is 23.7 Å². The third-order valence-corrected chi connectivity index (χ3v) is 10.7. The summed E-state index contributed by atoms with van der Waals surface area (Å²) in [6, 6.07) is 12.7. The van der Waals surface area contributed by atoms with E-state index < -0.39 is 41.9 Å². The topological polar surface area (TPSA) is 74.8 Å². The molecule has 2 bridgehead atoms. The number of hydrazine groups is 1. The second-order valence-electron chi connectivity index (χ2n) is 8.77. The van der Waals surface area contributed by atoms with Crippen molar-refractivity contribution in [2.45, 2.75) is 16.1 Å². The molecule has 2 saturated carbocycles. The number of hydrogen-bond acceptors (Lipinski definition) is 4. The van der Waals surface area contributed by atoms with Gasteiger partial charge in [0.1, 0.15) is 6.54 Å². The number of fused-ring (bicyclic) bond motifs is 5. The second-order valence-corrected chi connectivity index (χ2v) is 11.7. The van der Waals surface area contributed by atoms with Crippen LogP contribution in [0.2, 0.25) is 10.0 Å². The summed E-state index contributed by atoms with van der Waals surface area (Å²) in [6.45, 7) is -0.483. The van der Waals surface area contributed by atoms with Crippen LogP contribution < -0.4 is 0 Å². The third kappa shape index (κ3) is 3.74. The highest BCUT2D eigenvalue weighted by Crippen LogP contribution is 2.60. The monoisotopic (exact) mass is 626 g/mol. The molecule has 176 valence electrons. The zero-order chi connectivity index (χ0) is 24.3. The maximum atomic E-state index is 13.6. The molecule has 6 atom stereocenters. The predicted octanol–water partition coefficient (Wildman–Crippen LogP) is 5.01. The fraction of sp³-hybridized carbons (Fsp3) is 0.333. The number of ketones is 1. The number of rotatable bonds is 5. The molecule has 5 rings (SSSR count). The molecule has 3 amide bonds. The van der Waals surface area contributed by atoms with Crippen molar-refractivity contribution >= 4 is 78.6 Å². The Kier molecular flexibility index (Phi) is 6.38. The van der Waals surface area contributed by atoms with Gasteiger partial charge < -0.3 is 0 Å². The van der Waals surface area contributed by atoms with Crippen LogP contribution in [-0.2, 0) is 9.59 Å². The van der Waals surface area contributed by atoms with Crippen LogP contribution in [0.5, 0.6) is 0 Å². The Morgan fingerprint density at radius 3 is 2.09 bits per heavy atom. The molecule has 0 aromatic heterocycles. The van der Waals surface area contributed by atoms with Gasteiger partial charge in [-0.1, -0.05) is 85.4 Å². The Balaban J connectivity index is 1.53. The molecule has 0 spiro atoms. The fourth-order valence-corrected chi connectivity index (χ4v) is 7.82. The van der Waals surface area contributed by atoms with E-state index in [0.717, 1.165) is 16.4 Å². The maximum Gasteiger partial charge on any atom is 0.274 e. The molecular formula is C24H18Br2Cl2N2O4. The van der Waals surface area contributed by atoms with Crippen molar-refractivity contribution in [3.05, 3.63) is 69.7 Å². The van der Waals surface area contributed by atoms with Gasteiger partial charge in [-0.25, -0.2) is 5.01 Å². The summed E-state index contributed by atoms with van der Waals surface area (Å²) in [6.07, 6.45) is 0.756. The number of nitrogens with zero attached hydrogens (tertiary/aromatic N) is 2. The Hall–Kier alpha value is -1.74. The van der Waals surface area contributed by atoms with E-state index in [0.29, 0.717) is 10.6 Å².